The Labute approximate surface area is 201 Å². The number of ketones is 1. The predicted octanol–water partition coefficient (Wildman–Crippen LogP) is 1.68. The molecule has 0 aromatic heterocycles. The number of anilines is 1. The Bertz CT molecular complexity index is 945. The molecule has 0 spiro atoms. The molecule has 8 heteroatoms. The van der Waals surface area contributed by atoms with Gasteiger partial charge in [0, 0.05) is 50.0 Å². The van der Waals surface area contributed by atoms with Crippen molar-refractivity contribution in [3.8, 4) is 0 Å². The average molecular weight is 469 g/mol. The summed E-state index contributed by atoms with van der Waals surface area (Å²) in [4.78, 5) is 45.5. The van der Waals surface area contributed by atoms with Gasteiger partial charge >= 0.3 is 0 Å². The molecule has 184 valence electrons. The van der Waals surface area contributed by atoms with Gasteiger partial charge in [-0.3, -0.25) is 19.3 Å². The zero-order valence-electron chi connectivity index (χ0n) is 20.5. The first-order valence-electron chi connectivity index (χ1n) is 12.6. The smallest absolute Gasteiger partial charge is 0.251 e. The number of rotatable bonds is 5. The van der Waals surface area contributed by atoms with Crippen LogP contribution in [0.3, 0.4) is 0 Å². The van der Waals surface area contributed by atoms with Crippen LogP contribution in [-0.2, 0) is 14.3 Å². The van der Waals surface area contributed by atoms with Crippen LogP contribution in [0.4, 0.5) is 5.69 Å². The van der Waals surface area contributed by atoms with E-state index in [-0.39, 0.29) is 30.3 Å². The summed E-state index contributed by atoms with van der Waals surface area (Å²) in [6.07, 6.45) is 3.12. The van der Waals surface area contributed by atoms with Gasteiger partial charge in [-0.15, -0.1) is 0 Å². The third-order valence-electron chi connectivity index (χ3n) is 7.66. The minimum Gasteiger partial charge on any atom is -0.369 e. The highest BCUT2D eigenvalue weighted by molar-refractivity contribution is 5.99. The lowest BCUT2D eigenvalue weighted by Gasteiger charge is -2.36. The minimum atomic E-state index is -0.734. The molecule has 2 amide bonds. The quantitative estimate of drug-likeness (QED) is 0.708. The Morgan fingerprint density at radius 1 is 1.00 bits per heavy atom. The van der Waals surface area contributed by atoms with Crippen LogP contribution in [0, 0.1) is 5.41 Å². The van der Waals surface area contributed by atoms with Crippen molar-refractivity contribution in [2.45, 2.75) is 64.3 Å². The normalized spacial score (nSPS) is 26.5. The number of hydrogen-bond acceptors (Lipinski definition) is 6. The van der Waals surface area contributed by atoms with Crippen LogP contribution < -0.4 is 10.2 Å². The van der Waals surface area contributed by atoms with E-state index in [9.17, 15) is 14.4 Å². The predicted molar refractivity (Wildman–Crippen MR) is 129 cm³/mol. The number of hydrogen-bond donors (Lipinski definition) is 1. The Kier molecular flexibility index (Phi) is 6.14. The van der Waals surface area contributed by atoms with E-state index in [0.29, 0.717) is 18.5 Å². The molecule has 3 atom stereocenters. The highest BCUT2D eigenvalue weighted by atomic mass is 16.5. The fourth-order valence-corrected chi connectivity index (χ4v) is 5.48. The van der Waals surface area contributed by atoms with E-state index in [1.165, 1.54) is 12.8 Å². The summed E-state index contributed by atoms with van der Waals surface area (Å²) in [5.41, 5.74) is 1.15. The lowest BCUT2D eigenvalue weighted by Crippen LogP contribution is -2.57. The minimum absolute atomic E-state index is 0.0524. The molecule has 3 saturated heterocycles. The van der Waals surface area contributed by atoms with Crippen molar-refractivity contribution in [3.63, 3.8) is 0 Å². The summed E-state index contributed by atoms with van der Waals surface area (Å²) in [6, 6.07) is 7.21. The Hall–Kier alpha value is -2.45. The molecule has 1 saturated carbocycles. The van der Waals surface area contributed by atoms with Gasteiger partial charge in [-0.2, -0.15) is 0 Å². The van der Waals surface area contributed by atoms with Crippen molar-refractivity contribution >= 4 is 23.3 Å². The lowest BCUT2D eigenvalue weighted by molar-refractivity contribution is -0.140. The molecule has 1 aromatic rings. The van der Waals surface area contributed by atoms with Crippen LogP contribution in [0.25, 0.3) is 0 Å². The summed E-state index contributed by atoms with van der Waals surface area (Å²) in [6.45, 7) is 10.5. The third-order valence-corrected chi connectivity index (χ3v) is 7.66. The van der Waals surface area contributed by atoms with Gasteiger partial charge in [0.2, 0.25) is 5.91 Å². The van der Waals surface area contributed by atoms with Crippen LogP contribution in [0.2, 0.25) is 0 Å². The molecule has 0 radical (unpaired) electrons. The molecule has 1 aromatic carbocycles. The summed E-state index contributed by atoms with van der Waals surface area (Å²) in [5, 5.41) is 2.97. The number of carbonyl (C=O) groups excluding carboxylic acids is 3. The zero-order valence-corrected chi connectivity index (χ0v) is 20.5. The highest BCUT2D eigenvalue weighted by Gasteiger charge is 2.49. The molecule has 1 unspecified atom stereocenters. The summed E-state index contributed by atoms with van der Waals surface area (Å²) in [7, 11) is 0. The van der Waals surface area contributed by atoms with E-state index >= 15 is 0 Å². The Morgan fingerprint density at radius 2 is 1.68 bits per heavy atom. The van der Waals surface area contributed by atoms with E-state index < -0.39 is 17.5 Å². The number of amides is 2. The topological polar surface area (TPSA) is 82.2 Å². The Morgan fingerprint density at radius 3 is 2.29 bits per heavy atom. The molecular formula is C26H36N4O4. The Balaban J connectivity index is 1.24. The molecule has 4 aliphatic rings. The zero-order chi connectivity index (χ0) is 24.0. The van der Waals surface area contributed by atoms with E-state index in [2.05, 4.69) is 15.1 Å². The number of benzene rings is 1. The largest absolute Gasteiger partial charge is 0.369 e. The molecule has 1 N–H and O–H groups in total. The van der Waals surface area contributed by atoms with Crippen LogP contribution in [0.5, 0.6) is 0 Å². The SMILES string of the molecule is CC(C)(C)C(NC(=O)c1ccc(N2CCN(C3CC3)CC2)cc1)C(=O)N1CC[C@H]2OCC(=O)[C@H]21. The monoisotopic (exact) mass is 468 g/mol. The first kappa shape index (κ1) is 23.3. The number of fused-ring (bicyclic) bond motifs is 1. The maximum absolute atomic E-state index is 13.5. The van der Waals surface area contributed by atoms with Gasteiger partial charge in [-0.25, -0.2) is 0 Å². The first-order valence-corrected chi connectivity index (χ1v) is 12.6. The molecule has 8 nitrogen and oxygen atoms in total. The number of ether oxygens (including phenoxy) is 1. The fourth-order valence-electron chi connectivity index (χ4n) is 5.48. The third kappa shape index (κ3) is 4.58. The summed E-state index contributed by atoms with van der Waals surface area (Å²) < 4.78 is 5.53. The number of nitrogens with one attached hydrogen (secondary N) is 1. The molecule has 5 rings (SSSR count). The molecule has 3 aliphatic heterocycles. The maximum Gasteiger partial charge on any atom is 0.251 e. The molecular weight excluding hydrogens is 432 g/mol. The standard InChI is InChI=1S/C26H36N4O4/c1-26(2,3)23(25(33)30-11-10-21-22(30)20(31)16-34-21)27-24(32)17-4-6-18(7-5-17)28-12-14-29(15-13-28)19-8-9-19/h4-7,19,21-23H,8-16H2,1-3H3,(H,27,32)/t21-,22-,23?/m1/s1. The number of carbonyl (C=O) groups is 3. The van der Waals surface area contributed by atoms with Crippen LogP contribution in [-0.4, -0.2) is 91.0 Å². The van der Waals surface area contributed by atoms with E-state index in [1.807, 2.05) is 45.0 Å². The van der Waals surface area contributed by atoms with E-state index in [0.717, 1.165) is 37.9 Å². The van der Waals surface area contributed by atoms with E-state index in [4.69, 9.17) is 4.74 Å². The fraction of sp³-hybridized carbons (Fsp3) is 0.654. The van der Waals surface area contributed by atoms with Crippen molar-refractivity contribution in [2.75, 3.05) is 44.2 Å². The number of piperazine rings is 1. The highest BCUT2D eigenvalue weighted by Crippen LogP contribution is 2.31. The van der Waals surface area contributed by atoms with Gasteiger partial charge in [0.15, 0.2) is 5.78 Å². The second-order valence-corrected chi connectivity index (χ2v) is 11.2. The lowest BCUT2D eigenvalue weighted by atomic mass is 9.85. The number of Topliss-reactive ketones (excluding diaryl/α,β-unsaturated/α-hetero) is 1. The first-order chi connectivity index (χ1) is 16.2. The van der Waals surface area contributed by atoms with Crippen molar-refractivity contribution in [1.82, 2.24) is 15.1 Å². The van der Waals surface area contributed by atoms with Crippen molar-refractivity contribution < 1.29 is 19.1 Å². The van der Waals surface area contributed by atoms with Crippen molar-refractivity contribution in [2.24, 2.45) is 5.41 Å². The molecule has 4 fully saturated rings. The van der Waals surface area contributed by atoms with Crippen LogP contribution in [0.15, 0.2) is 24.3 Å². The molecule has 3 heterocycles. The van der Waals surface area contributed by atoms with Crippen LogP contribution in [0.1, 0.15) is 50.4 Å². The maximum atomic E-state index is 13.5. The van der Waals surface area contributed by atoms with Crippen molar-refractivity contribution in [3.05, 3.63) is 29.8 Å². The van der Waals surface area contributed by atoms with Gasteiger partial charge in [0.25, 0.3) is 5.91 Å². The molecule has 0 bridgehead atoms. The number of likely N-dealkylation sites (tertiary alicyclic amines) is 1. The van der Waals surface area contributed by atoms with Gasteiger partial charge < -0.3 is 19.9 Å². The van der Waals surface area contributed by atoms with Crippen LogP contribution >= 0.6 is 0 Å². The summed E-state index contributed by atoms with van der Waals surface area (Å²) in [5.74, 6) is -0.538. The molecule has 1 aliphatic carbocycles. The second kappa shape index (κ2) is 8.96. The summed E-state index contributed by atoms with van der Waals surface area (Å²) >= 11 is 0. The van der Waals surface area contributed by atoms with Crippen molar-refractivity contribution in [1.29, 1.82) is 0 Å². The van der Waals surface area contributed by atoms with Gasteiger partial charge in [0.05, 0.1) is 6.10 Å². The van der Waals surface area contributed by atoms with E-state index in [1.54, 1.807) is 4.90 Å². The van der Waals surface area contributed by atoms with Gasteiger partial charge in [0.1, 0.15) is 18.7 Å². The number of nitrogens with zero attached hydrogens (tertiary/aromatic N) is 3. The van der Waals surface area contributed by atoms with Gasteiger partial charge in [-0.1, -0.05) is 20.8 Å². The molecule has 34 heavy (non-hydrogen) atoms. The van der Waals surface area contributed by atoms with Gasteiger partial charge in [-0.05, 0) is 48.9 Å². The second-order valence-electron chi connectivity index (χ2n) is 11.2. The average Bonchev–Trinajstić information content (AvgIpc) is 3.48.